The van der Waals surface area contributed by atoms with E-state index in [0.29, 0.717) is 6.61 Å². The van der Waals surface area contributed by atoms with E-state index in [9.17, 15) is 8.42 Å². The molecular weight excluding hydrogens is 312 g/mol. The van der Waals surface area contributed by atoms with Crippen LogP contribution in [0.1, 0.15) is 12.5 Å². The lowest BCUT2D eigenvalue weighted by Gasteiger charge is -2.09. The van der Waals surface area contributed by atoms with Gasteiger partial charge in [-0.2, -0.15) is 0 Å². The van der Waals surface area contributed by atoms with Crippen LogP contribution in [0.2, 0.25) is 0 Å². The minimum Gasteiger partial charge on any atom is -0.351 e. The Labute approximate surface area is 137 Å². The molecule has 0 radical (unpaired) electrons. The van der Waals surface area contributed by atoms with Gasteiger partial charge in [0, 0.05) is 5.41 Å². The van der Waals surface area contributed by atoms with Gasteiger partial charge < -0.3 is 9.47 Å². The van der Waals surface area contributed by atoms with Crippen LogP contribution in [0, 0.1) is 0 Å². The average Bonchev–Trinajstić information content (AvgIpc) is 2.59. The van der Waals surface area contributed by atoms with Crippen molar-refractivity contribution in [1.29, 1.82) is 0 Å². The molecule has 0 bridgehead atoms. The van der Waals surface area contributed by atoms with Crippen LogP contribution in [0.5, 0.6) is 0 Å². The Morgan fingerprint density at radius 1 is 1.00 bits per heavy atom. The Bertz CT molecular complexity index is 709. The Morgan fingerprint density at radius 3 is 2.26 bits per heavy atom. The monoisotopic (exact) mass is 332 g/mol. The first-order valence-electron chi connectivity index (χ1n) is 7.29. The van der Waals surface area contributed by atoms with Gasteiger partial charge >= 0.3 is 0 Å². The first-order chi connectivity index (χ1) is 11.1. The maximum absolute atomic E-state index is 12.1. The summed E-state index contributed by atoms with van der Waals surface area (Å²) in [6, 6.07) is 18.1. The third kappa shape index (κ3) is 5.98. The molecule has 0 aliphatic heterocycles. The summed E-state index contributed by atoms with van der Waals surface area (Å²) in [5.74, 6) is 0. The zero-order valence-corrected chi connectivity index (χ0v) is 13.8. The number of sulfone groups is 1. The Morgan fingerprint density at radius 2 is 1.61 bits per heavy atom. The van der Waals surface area contributed by atoms with Crippen LogP contribution in [-0.2, 0) is 25.9 Å². The summed E-state index contributed by atoms with van der Waals surface area (Å²) >= 11 is 0. The molecule has 23 heavy (non-hydrogen) atoms. The van der Waals surface area contributed by atoms with Crippen molar-refractivity contribution in [1.82, 2.24) is 0 Å². The predicted molar refractivity (Wildman–Crippen MR) is 89.4 cm³/mol. The summed E-state index contributed by atoms with van der Waals surface area (Å²) in [7, 11) is -3.43. The van der Waals surface area contributed by atoms with Gasteiger partial charge in [-0.25, -0.2) is 8.42 Å². The molecule has 0 N–H and O–H groups in total. The molecule has 0 aliphatic carbocycles. The number of hydrogen-bond donors (Lipinski definition) is 0. The zero-order valence-electron chi connectivity index (χ0n) is 13.0. The Kier molecular flexibility index (Phi) is 6.52. The third-order valence-electron chi connectivity index (χ3n) is 3.13. The van der Waals surface area contributed by atoms with E-state index in [-0.39, 0.29) is 17.8 Å². The second kappa shape index (κ2) is 8.62. The molecule has 2 aromatic rings. The number of hydrogen-bond acceptors (Lipinski definition) is 4. The molecule has 4 nitrogen and oxygen atoms in total. The van der Waals surface area contributed by atoms with Crippen molar-refractivity contribution >= 4 is 9.84 Å². The van der Waals surface area contributed by atoms with Crippen LogP contribution >= 0.6 is 0 Å². The van der Waals surface area contributed by atoms with E-state index in [1.807, 2.05) is 30.3 Å². The van der Waals surface area contributed by atoms with E-state index in [0.717, 1.165) is 5.56 Å². The van der Waals surface area contributed by atoms with Gasteiger partial charge in [0.15, 0.2) is 9.84 Å². The fourth-order valence-electron chi connectivity index (χ4n) is 1.85. The molecule has 5 heteroatoms. The van der Waals surface area contributed by atoms with E-state index >= 15 is 0 Å². The molecule has 0 amide bonds. The molecule has 0 aromatic heterocycles. The first-order valence-corrected chi connectivity index (χ1v) is 8.84. The topological polar surface area (TPSA) is 52.6 Å². The summed E-state index contributed by atoms with van der Waals surface area (Å²) < 4.78 is 35.0. The molecule has 0 fully saturated rings. The lowest BCUT2D eigenvalue weighted by atomic mass is 10.2. The summed E-state index contributed by atoms with van der Waals surface area (Å²) in [4.78, 5) is 0.267. The van der Waals surface area contributed by atoms with Crippen LogP contribution in [0.25, 0.3) is 0 Å². The second-order valence-electron chi connectivity index (χ2n) is 5.01. The summed E-state index contributed by atoms with van der Waals surface area (Å²) in [5.41, 5.74) is 1.06. The highest BCUT2D eigenvalue weighted by Crippen LogP contribution is 2.12. The number of benzene rings is 2. The Hall–Kier alpha value is -1.95. The highest BCUT2D eigenvalue weighted by molar-refractivity contribution is 7.94. The highest BCUT2D eigenvalue weighted by Gasteiger charge is 2.09. The van der Waals surface area contributed by atoms with Crippen LogP contribution in [0.15, 0.2) is 77.0 Å². The van der Waals surface area contributed by atoms with E-state index in [1.54, 1.807) is 37.3 Å². The van der Waals surface area contributed by atoms with Gasteiger partial charge in [0.05, 0.1) is 17.6 Å². The van der Waals surface area contributed by atoms with E-state index in [4.69, 9.17) is 9.47 Å². The van der Waals surface area contributed by atoms with Crippen LogP contribution in [0.4, 0.5) is 0 Å². The van der Waals surface area contributed by atoms with Crippen molar-refractivity contribution in [3.05, 3.63) is 77.7 Å². The van der Waals surface area contributed by atoms with Gasteiger partial charge in [0.25, 0.3) is 0 Å². The van der Waals surface area contributed by atoms with Gasteiger partial charge in [-0.3, -0.25) is 0 Å². The molecule has 122 valence electrons. The largest absolute Gasteiger partial charge is 0.351 e. The summed E-state index contributed by atoms with van der Waals surface area (Å²) in [6.45, 7) is 2.33. The fraction of sp³-hybridized carbons (Fsp3) is 0.222. The Balaban J connectivity index is 1.77. The van der Waals surface area contributed by atoms with E-state index < -0.39 is 9.84 Å². The summed E-state index contributed by atoms with van der Waals surface area (Å²) in [6.07, 6.45) is 1.15. The molecule has 0 aliphatic rings. The maximum Gasteiger partial charge on any atom is 0.199 e. The molecule has 0 heterocycles. The number of ether oxygens (including phenoxy) is 2. The molecule has 1 atom stereocenters. The van der Waals surface area contributed by atoms with Crippen molar-refractivity contribution < 1.29 is 17.9 Å². The van der Waals surface area contributed by atoms with Crippen LogP contribution in [-0.4, -0.2) is 21.3 Å². The smallest absolute Gasteiger partial charge is 0.199 e. The quantitative estimate of drug-likeness (QED) is 0.548. The lowest BCUT2D eigenvalue weighted by Crippen LogP contribution is -2.09. The highest BCUT2D eigenvalue weighted by atomic mass is 32.2. The van der Waals surface area contributed by atoms with Crippen molar-refractivity contribution in [2.45, 2.75) is 24.5 Å². The standard InChI is InChI=1S/C18H20O4S/c1-16(22-15-21-14-17-8-4-2-5-9-17)12-13-23(19,20)18-10-6-3-7-11-18/h2-13,16H,14-15H2,1H3/b13-12+/t16-/m0/s1. The normalized spacial score (nSPS) is 13.3. The van der Waals surface area contributed by atoms with Crippen LogP contribution in [0.3, 0.4) is 0 Å². The SMILES string of the molecule is C[C@@H](/C=C/S(=O)(=O)c1ccccc1)OCOCc1ccccc1. The first kappa shape index (κ1) is 17.4. The van der Waals surface area contributed by atoms with Gasteiger partial charge in [0.2, 0.25) is 0 Å². The number of rotatable bonds is 8. The van der Waals surface area contributed by atoms with Gasteiger partial charge in [-0.15, -0.1) is 0 Å². The average molecular weight is 332 g/mol. The van der Waals surface area contributed by atoms with E-state index in [1.165, 1.54) is 11.5 Å². The van der Waals surface area contributed by atoms with Crippen molar-refractivity contribution in [2.75, 3.05) is 6.79 Å². The third-order valence-corrected chi connectivity index (χ3v) is 4.57. The van der Waals surface area contributed by atoms with Gasteiger partial charge in [-0.1, -0.05) is 48.5 Å². The molecule has 0 spiro atoms. The molecular formula is C18H20O4S. The minimum absolute atomic E-state index is 0.103. The maximum atomic E-state index is 12.1. The zero-order chi connectivity index (χ0) is 16.5. The molecule has 2 aromatic carbocycles. The van der Waals surface area contributed by atoms with Crippen molar-refractivity contribution in [2.24, 2.45) is 0 Å². The van der Waals surface area contributed by atoms with Crippen molar-refractivity contribution in [3.8, 4) is 0 Å². The molecule has 0 unspecified atom stereocenters. The fourth-order valence-corrected chi connectivity index (χ4v) is 2.97. The van der Waals surface area contributed by atoms with Crippen molar-refractivity contribution in [3.63, 3.8) is 0 Å². The lowest BCUT2D eigenvalue weighted by molar-refractivity contribution is -0.0774. The molecule has 0 saturated carbocycles. The van der Waals surface area contributed by atoms with Gasteiger partial charge in [0.1, 0.15) is 6.79 Å². The molecule has 0 saturated heterocycles. The van der Waals surface area contributed by atoms with E-state index in [2.05, 4.69) is 0 Å². The minimum atomic E-state index is -3.43. The second-order valence-corrected chi connectivity index (χ2v) is 6.84. The summed E-state index contributed by atoms with van der Waals surface area (Å²) in [5, 5.41) is 1.17. The van der Waals surface area contributed by atoms with Gasteiger partial charge in [-0.05, 0) is 30.7 Å². The van der Waals surface area contributed by atoms with Crippen LogP contribution < -0.4 is 0 Å². The molecule has 2 rings (SSSR count). The predicted octanol–water partition coefficient (Wildman–Crippen LogP) is 3.55.